The molecule has 0 radical (unpaired) electrons. The van der Waals surface area contributed by atoms with Gasteiger partial charge in [0.25, 0.3) is 0 Å². The molecule has 4 rings (SSSR count). The molecule has 0 aromatic heterocycles. The largest absolute Gasteiger partial charge is 0.493 e. The number of hydrogen-bond acceptors (Lipinski definition) is 5. The van der Waals surface area contributed by atoms with Gasteiger partial charge in [0, 0.05) is 36.3 Å². The Morgan fingerprint density at radius 3 is 2.54 bits per heavy atom. The predicted molar refractivity (Wildman–Crippen MR) is 140 cm³/mol. The molecule has 0 N–H and O–H groups in total. The smallest absolute Gasteiger partial charge is 0.243 e. The zero-order chi connectivity index (χ0) is 25.3. The average molecular weight is 521 g/mol. The molecule has 0 bridgehead atoms. The van der Waals surface area contributed by atoms with Crippen molar-refractivity contribution in [3.63, 3.8) is 0 Å². The Labute approximate surface area is 215 Å². The Kier molecular flexibility index (Phi) is 8.01. The van der Waals surface area contributed by atoms with E-state index in [9.17, 15) is 8.42 Å². The van der Waals surface area contributed by atoms with Gasteiger partial charge in [-0.3, -0.25) is 4.90 Å². The van der Waals surface area contributed by atoms with Crippen LogP contribution >= 0.6 is 11.6 Å². The fraction of sp³-hybridized carbons (Fsp3) is 0.556. The second-order valence-electron chi connectivity index (χ2n) is 9.57. The molecule has 0 amide bonds. The minimum atomic E-state index is -3.55. The van der Waals surface area contributed by atoms with Gasteiger partial charge in [-0.1, -0.05) is 18.5 Å². The number of rotatable bonds is 10. The number of aryl methyl sites for hydroxylation is 2. The zero-order valence-corrected chi connectivity index (χ0v) is 23.1. The second kappa shape index (κ2) is 10.7. The first-order chi connectivity index (χ1) is 16.7. The Morgan fingerprint density at radius 1 is 1.09 bits per heavy atom. The summed E-state index contributed by atoms with van der Waals surface area (Å²) in [6.07, 6.45) is 4.89. The summed E-state index contributed by atoms with van der Waals surface area (Å²) in [5.74, 6) is 1.72. The molecule has 1 unspecified atom stereocenters. The van der Waals surface area contributed by atoms with E-state index in [0.29, 0.717) is 34.6 Å². The van der Waals surface area contributed by atoms with Crippen molar-refractivity contribution in [3.8, 4) is 11.5 Å². The minimum Gasteiger partial charge on any atom is -0.493 e. The highest BCUT2D eigenvalue weighted by atomic mass is 35.5. The van der Waals surface area contributed by atoms with Gasteiger partial charge in [-0.25, -0.2) is 8.42 Å². The minimum absolute atomic E-state index is 0.358. The molecule has 8 heteroatoms. The molecule has 192 valence electrons. The molecule has 1 atom stereocenters. The lowest BCUT2D eigenvalue weighted by molar-refractivity contribution is 0.180. The van der Waals surface area contributed by atoms with Crippen molar-refractivity contribution in [1.29, 1.82) is 0 Å². The molecule has 2 aliphatic rings. The van der Waals surface area contributed by atoms with Crippen molar-refractivity contribution in [2.45, 2.75) is 63.8 Å². The molecule has 0 saturated heterocycles. The van der Waals surface area contributed by atoms with Gasteiger partial charge in [-0.2, -0.15) is 4.31 Å². The van der Waals surface area contributed by atoms with Crippen LogP contribution in [0.3, 0.4) is 0 Å². The third kappa shape index (κ3) is 4.93. The van der Waals surface area contributed by atoms with Gasteiger partial charge in [0.05, 0.1) is 19.1 Å². The van der Waals surface area contributed by atoms with Gasteiger partial charge in [0.15, 0.2) is 11.5 Å². The highest BCUT2D eigenvalue weighted by molar-refractivity contribution is 7.89. The third-order valence-electron chi connectivity index (χ3n) is 7.54. The number of nitrogens with zero attached hydrogens (tertiary/aromatic N) is 2. The number of hydrogen-bond donors (Lipinski definition) is 0. The van der Waals surface area contributed by atoms with Crippen LogP contribution in [0.25, 0.3) is 0 Å². The first-order valence-electron chi connectivity index (χ1n) is 12.5. The van der Waals surface area contributed by atoms with Gasteiger partial charge in [-0.05, 0) is 92.9 Å². The number of unbranched alkanes of at least 4 members (excludes halogenated alkanes) is 1. The Hall–Kier alpha value is -1.80. The summed E-state index contributed by atoms with van der Waals surface area (Å²) in [6.45, 7) is 8.51. The van der Waals surface area contributed by atoms with Crippen molar-refractivity contribution in [1.82, 2.24) is 9.21 Å². The standard InChI is InChI=1S/C27H37ClN2O4S/c1-6-30(35(31,32)25-16-18(2)22(28)15-19(25)3)13-8-7-12-29-14-11-20-17-24(33-4)27(34-5)21-9-10-23(29)26(20)21/h15-17,23H,6-14H2,1-5H3. The van der Waals surface area contributed by atoms with Crippen LogP contribution in [0.1, 0.15) is 60.0 Å². The van der Waals surface area contributed by atoms with E-state index in [1.54, 1.807) is 37.6 Å². The van der Waals surface area contributed by atoms with Crippen LogP contribution in [-0.4, -0.2) is 58.0 Å². The molecular formula is C27H37ClN2O4S. The lowest BCUT2D eigenvalue weighted by atomic mass is 9.92. The Bertz CT molecular complexity index is 1200. The van der Waals surface area contributed by atoms with Crippen LogP contribution in [0.5, 0.6) is 11.5 Å². The van der Waals surface area contributed by atoms with E-state index in [1.807, 2.05) is 13.8 Å². The first-order valence-corrected chi connectivity index (χ1v) is 14.3. The maximum Gasteiger partial charge on any atom is 0.243 e. The summed E-state index contributed by atoms with van der Waals surface area (Å²) in [5, 5.41) is 0.596. The fourth-order valence-corrected chi connectivity index (χ4v) is 7.71. The number of sulfonamides is 1. The Morgan fingerprint density at radius 2 is 1.86 bits per heavy atom. The lowest BCUT2D eigenvalue weighted by Crippen LogP contribution is -2.36. The highest BCUT2D eigenvalue weighted by Gasteiger charge is 2.36. The maximum atomic E-state index is 13.3. The van der Waals surface area contributed by atoms with Crippen molar-refractivity contribution in [3.05, 3.63) is 51.0 Å². The molecule has 0 saturated carbocycles. The number of ether oxygens (including phenoxy) is 2. The monoisotopic (exact) mass is 520 g/mol. The van der Waals surface area contributed by atoms with E-state index >= 15 is 0 Å². The van der Waals surface area contributed by atoms with E-state index in [1.165, 1.54) is 16.7 Å². The maximum absolute atomic E-state index is 13.3. The van der Waals surface area contributed by atoms with E-state index in [0.717, 1.165) is 62.3 Å². The predicted octanol–water partition coefficient (Wildman–Crippen LogP) is 5.31. The van der Waals surface area contributed by atoms with Gasteiger partial charge in [0.1, 0.15) is 0 Å². The van der Waals surface area contributed by atoms with E-state index in [-0.39, 0.29) is 0 Å². The topological polar surface area (TPSA) is 59.1 Å². The summed E-state index contributed by atoms with van der Waals surface area (Å²) in [4.78, 5) is 2.93. The molecule has 1 heterocycles. The van der Waals surface area contributed by atoms with Crippen LogP contribution in [0.2, 0.25) is 5.02 Å². The van der Waals surface area contributed by atoms with E-state index < -0.39 is 10.0 Å². The van der Waals surface area contributed by atoms with E-state index in [2.05, 4.69) is 11.0 Å². The fourth-order valence-electron chi connectivity index (χ4n) is 5.71. The van der Waals surface area contributed by atoms with Crippen LogP contribution in [0.15, 0.2) is 23.1 Å². The SMILES string of the molecule is CCN(CCCCN1CCc2cc(OC)c(OC)c3c2C1CC3)S(=O)(=O)c1cc(C)c(Cl)cc1C. The molecule has 1 aliphatic carbocycles. The normalized spacial score (nSPS) is 17.6. The molecule has 0 spiro atoms. The summed E-state index contributed by atoms with van der Waals surface area (Å²) in [5.41, 5.74) is 5.58. The van der Waals surface area contributed by atoms with Crippen molar-refractivity contribution in [2.75, 3.05) is 40.4 Å². The van der Waals surface area contributed by atoms with Crippen LogP contribution in [0, 0.1) is 13.8 Å². The van der Waals surface area contributed by atoms with Crippen molar-refractivity contribution in [2.24, 2.45) is 0 Å². The lowest BCUT2D eigenvalue weighted by Gasteiger charge is -2.35. The van der Waals surface area contributed by atoms with Gasteiger partial charge >= 0.3 is 0 Å². The van der Waals surface area contributed by atoms with Crippen molar-refractivity contribution >= 4 is 21.6 Å². The Balaban J connectivity index is 1.40. The molecule has 6 nitrogen and oxygen atoms in total. The average Bonchev–Trinajstić information content (AvgIpc) is 3.28. The highest BCUT2D eigenvalue weighted by Crippen LogP contribution is 2.48. The van der Waals surface area contributed by atoms with Crippen LogP contribution in [0.4, 0.5) is 0 Å². The molecule has 1 aliphatic heterocycles. The van der Waals surface area contributed by atoms with Crippen LogP contribution in [-0.2, 0) is 22.9 Å². The summed E-state index contributed by atoms with van der Waals surface area (Å²) >= 11 is 6.19. The third-order valence-corrected chi connectivity index (χ3v) is 10.1. The van der Waals surface area contributed by atoms with Crippen LogP contribution < -0.4 is 9.47 Å². The number of benzene rings is 2. The molecular weight excluding hydrogens is 484 g/mol. The molecule has 35 heavy (non-hydrogen) atoms. The molecule has 2 aromatic carbocycles. The summed E-state index contributed by atoms with van der Waals surface area (Å²) in [7, 11) is -0.133. The molecule has 2 aromatic rings. The molecule has 0 fully saturated rings. The summed E-state index contributed by atoms with van der Waals surface area (Å²) in [6, 6.07) is 6.01. The zero-order valence-electron chi connectivity index (χ0n) is 21.5. The van der Waals surface area contributed by atoms with Gasteiger partial charge < -0.3 is 9.47 Å². The van der Waals surface area contributed by atoms with Crippen molar-refractivity contribution < 1.29 is 17.9 Å². The number of methoxy groups -OCH3 is 2. The summed E-state index contributed by atoms with van der Waals surface area (Å²) < 4.78 is 39.6. The quantitative estimate of drug-likeness (QED) is 0.397. The first kappa shape index (κ1) is 26.3. The van der Waals surface area contributed by atoms with Gasteiger partial charge in [0.2, 0.25) is 10.0 Å². The number of halogens is 1. The van der Waals surface area contributed by atoms with E-state index in [4.69, 9.17) is 21.1 Å². The second-order valence-corrected chi connectivity index (χ2v) is 11.9. The van der Waals surface area contributed by atoms with Gasteiger partial charge in [-0.15, -0.1) is 0 Å².